The summed E-state index contributed by atoms with van der Waals surface area (Å²) in [5.74, 6) is 4.00. The predicted molar refractivity (Wildman–Crippen MR) is 134 cm³/mol. The van der Waals surface area contributed by atoms with Crippen LogP contribution >= 0.6 is 0 Å². The molecule has 1 aliphatic rings. The lowest BCUT2D eigenvalue weighted by molar-refractivity contribution is 0.177. The Bertz CT molecular complexity index is 1290. The van der Waals surface area contributed by atoms with E-state index in [0.29, 0.717) is 24.0 Å². The highest BCUT2D eigenvalue weighted by Crippen LogP contribution is 2.41. The Morgan fingerprint density at radius 1 is 0.889 bits per heavy atom. The third-order valence-corrected chi connectivity index (χ3v) is 6.36. The van der Waals surface area contributed by atoms with Crippen molar-refractivity contribution >= 4 is 0 Å². The third kappa shape index (κ3) is 4.99. The van der Waals surface area contributed by atoms with E-state index in [1.807, 2.05) is 30.3 Å². The van der Waals surface area contributed by atoms with Crippen molar-refractivity contribution in [2.45, 2.75) is 25.6 Å². The van der Waals surface area contributed by atoms with E-state index in [1.54, 1.807) is 21.3 Å². The Morgan fingerprint density at radius 2 is 1.61 bits per heavy atom. The number of ether oxygens (including phenoxy) is 4. The number of aromatic nitrogens is 2. The highest BCUT2D eigenvalue weighted by Gasteiger charge is 2.31. The van der Waals surface area contributed by atoms with Gasteiger partial charge in [0.15, 0.2) is 18.1 Å². The van der Waals surface area contributed by atoms with Crippen molar-refractivity contribution in [1.29, 1.82) is 0 Å². The maximum Gasteiger partial charge on any atom is 0.240 e. The molecule has 0 saturated heterocycles. The largest absolute Gasteiger partial charge is 0.497 e. The van der Waals surface area contributed by atoms with Gasteiger partial charge in [-0.15, -0.1) is 0 Å². The van der Waals surface area contributed by atoms with Crippen molar-refractivity contribution in [3.8, 4) is 23.0 Å². The fourth-order valence-corrected chi connectivity index (χ4v) is 4.60. The SMILES string of the molecule is COc1ccc(OCc2noc(CN3CCc4cc(OC)c(OC)cc4C3c3ccccc3)n2)cc1. The summed E-state index contributed by atoms with van der Waals surface area (Å²) >= 11 is 0. The van der Waals surface area contributed by atoms with Crippen LogP contribution in [0, 0.1) is 0 Å². The van der Waals surface area contributed by atoms with E-state index in [9.17, 15) is 0 Å². The molecule has 1 atom stereocenters. The molecule has 0 saturated carbocycles. The quantitative estimate of drug-likeness (QED) is 0.332. The Morgan fingerprint density at radius 3 is 2.33 bits per heavy atom. The van der Waals surface area contributed by atoms with E-state index in [1.165, 1.54) is 16.7 Å². The number of hydrogen-bond acceptors (Lipinski definition) is 8. The number of hydrogen-bond donors (Lipinski definition) is 0. The molecule has 4 aromatic rings. The Labute approximate surface area is 210 Å². The highest BCUT2D eigenvalue weighted by molar-refractivity contribution is 5.51. The Kier molecular flexibility index (Phi) is 7.04. The topological polar surface area (TPSA) is 79.1 Å². The molecule has 0 radical (unpaired) electrons. The van der Waals surface area contributed by atoms with Crippen LogP contribution < -0.4 is 18.9 Å². The fourth-order valence-electron chi connectivity index (χ4n) is 4.60. The molecule has 1 aliphatic heterocycles. The first-order valence-corrected chi connectivity index (χ1v) is 11.8. The molecular weight excluding hydrogens is 458 g/mol. The van der Waals surface area contributed by atoms with Crippen LogP contribution in [0.5, 0.6) is 23.0 Å². The lowest BCUT2D eigenvalue weighted by Crippen LogP contribution is -2.35. The molecular formula is C28H29N3O5. The van der Waals surface area contributed by atoms with Gasteiger partial charge in [0.1, 0.15) is 11.5 Å². The normalized spacial score (nSPS) is 15.2. The molecule has 0 amide bonds. The van der Waals surface area contributed by atoms with E-state index in [-0.39, 0.29) is 12.6 Å². The van der Waals surface area contributed by atoms with Crippen LogP contribution in [0.15, 0.2) is 71.3 Å². The lowest BCUT2D eigenvalue weighted by atomic mass is 9.87. The van der Waals surface area contributed by atoms with Crippen LogP contribution in [0.25, 0.3) is 0 Å². The zero-order valence-electron chi connectivity index (χ0n) is 20.6. The van der Waals surface area contributed by atoms with Gasteiger partial charge in [-0.05, 0) is 59.5 Å². The van der Waals surface area contributed by atoms with Crippen molar-refractivity contribution < 1.29 is 23.5 Å². The molecule has 2 heterocycles. The van der Waals surface area contributed by atoms with Gasteiger partial charge in [0.05, 0.1) is 33.9 Å². The molecule has 0 N–H and O–H groups in total. The standard InChI is InChI=1S/C28H29N3O5/c1-32-21-9-11-22(12-10-21)35-18-26-29-27(36-30-26)17-31-14-13-20-15-24(33-2)25(34-3)16-23(20)28(31)19-7-5-4-6-8-19/h4-12,15-16,28H,13-14,17-18H2,1-3H3. The predicted octanol–water partition coefficient (Wildman–Crippen LogP) is 4.82. The molecule has 0 aliphatic carbocycles. The van der Waals surface area contributed by atoms with Gasteiger partial charge in [0.25, 0.3) is 0 Å². The molecule has 5 rings (SSSR count). The minimum Gasteiger partial charge on any atom is -0.497 e. The first-order chi connectivity index (χ1) is 17.7. The summed E-state index contributed by atoms with van der Waals surface area (Å²) in [5, 5.41) is 4.12. The summed E-state index contributed by atoms with van der Waals surface area (Å²) in [5.41, 5.74) is 3.62. The number of rotatable bonds is 9. The van der Waals surface area contributed by atoms with Crippen LogP contribution in [0.1, 0.15) is 34.4 Å². The number of fused-ring (bicyclic) bond motifs is 1. The molecule has 8 nitrogen and oxygen atoms in total. The average molecular weight is 488 g/mol. The van der Waals surface area contributed by atoms with Crippen molar-refractivity contribution in [1.82, 2.24) is 15.0 Å². The monoisotopic (exact) mass is 487 g/mol. The summed E-state index contributed by atoms with van der Waals surface area (Å²) < 4.78 is 27.7. The smallest absolute Gasteiger partial charge is 0.240 e. The third-order valence-electron chi connectivity index (χ3n) is 6.36. The molecule has 3 aromatic carbocycles. The van der Waals surface area contributed by atoms with Gasteiger partial charge in [-0.3, -0.25) is 4.90 Å². The van der Waals surface area contributed by atoms with E-state index >= 15 is 0 Å². The minimum absolute atomic E-state index is 0.0145. The molecule has 0 spiro atoms. The number of nitrogens with zero attached hydrogens (tertiary/aromatic N) is 3. The van der Waals surface area contributed by atoms with Crippen molar-refractivity contribution in [2.75, 3.05) is 27.9 Å². The summed E-state index contributed by atoms with van der Waals surface area (Å²) in [7, 11) is 4.96. The van der Waals surface area contributed by atoms with Crippen molar-refractivity contribution in [3.05, 3.63) is 95.1 Å². The molecule has 1 aromatic heterocycles. The van der Waals surface area contributed by atoms with Gasteiger partial charge in [-0.25, -0.2) is 0 Å². The zero-order valence-corrected chi connectivity index (χ0v) is 20.6. The van der Waals surface area contributed by atoms with Crippen molar-refractivity contribution in [2.24, 2.45) is 0 Å². The van der Waals surface area contributed by atoms with Crippen LogP contribution in [0.3, 0.4) is 0 Å². The van der Waals surface area contributed by atoms with E-state index in [4.69, 9.17) is 23.5 Å². The summed E-state index contributed by atoms with van der Waals surface area (Å²) in [6.07, 6.45) is 0.876. The summed E-state index contributed by atoms with van der Waals surface area (Å²) in [4.78, 5) is 6.94. The van der Waals surface area contributed by atoms with E-state index in [2.05, 4.69) is 51.4 Å². The van der Waals surface area contributed by atoms with E-state index in [0.717, 1.165) is 30.2 Å². The van der Waals surface area contributed by atoms with Gasteiger partial charge in [0.2, 0.25) is 11.7 Å². The first kappa shape index (κ1) is 23.7. The van der Waals surface area contributed by atoms with Crippen LogP contribution in [-0.2, 0) is 19.6 Å². The second-order valence-corrected chi connectivity index (χ2v) is 8.51. The molecule has 1 unspecified atom stereocenters. The zero-order chi connectivity index (χ0) is 24.9. The number of benzene rings is 3. The number of methoxy groups -OCH3 is 3. The molecule has 0 bridgehead atoms. The van der Waals surface area contributed by atoms with Crippen LogP contribution in [0.2, 0.25) is 0 Å². The van der Waals surface area contributed by atoms with Gasteiger partial charge < -0.3 is 23.5 Å². The maximum atomic E-state index is 5.80. The van der Waals surface area contributed by atoms with Gasteiger partial charge in [0, 0.05) is 6.54 Å². The highest BCUT2D eigenvalue weighted by atomic mass is 16.5. The molecule has 186 valence electrons. The van der Waals surface area contributed by atoms with Gasteiger partial charge in [-0.2, -0.15) is 4.98 Å². The van der Waals surface area contributed by atoms with Gasteiger partial charge >= 0.3 is 0 Å². The fraction of sp³-hybridized carbons (Fsp3) is 0.286. The second-order valence-electron chi connectivity index (χ2n) is 8.51. The summed E-state index contributed by atoms with van der Waals surface area (Å²) in [6, 6.07) is 22.0. The molecule has 0 fully saturated rings. The average Bonchev–Trinajstić information content (AvgIpc) is 3.39. The maximum absolute atomic E-state index is 5.80. The molecule has 36 heavy (non-hydrogen) atoms. The second kappa shape index (κ2) is 10.7. The lowest BCUT2D eigenvalue weighted by Gasteiger charge is -2.37. The first-order valence-electron chi connectivity index (χ1n) is 11.8. The van der Waals surface area contributed by atoms with Crippen LogP contribution in [-0.4, -0.2) is 42.9 Å². The Hall–Kier alpha value is -4.04. The Balaban J connectivity index is 1.36. The minimum atomic E-state index is 0.0145. The van der Waals surface area contributed by atoms with Crippen LogP contribution in [0.4, 0.5) is 0 Å². The van der Waals surface area contributed by atoms with E-state index < -0.39 is 0 Å². The van der Waals surface area contributed by atoms with Crippen molar-refractivity contribution in [3.63, 3.8) is 0 Å². The van der Waals surface area contributed by atoms with Gasteiger partial charge in [-0.1, -0.05) is 35.5 Å². The summed E-state index contributed by atoms with van der Waals surface area (Å²) in [6.45, 7) is 1.57. The molecule has 8 heteroatoms.